The predicted molar refractivity (Wildman–Crippen MR) is 74.7 cm³/mol. The molecule has 1 aliphatic rings. The molecule has 4 nitrogen and oxygen atoms in total. The maximum atomic E-state index is 12.5. The highest BCUT2D eigenvalue weighted by Gasteiger charge is 2.31. The summed E-state index contributed by atoms with van der Waals surface area (Å²) < 4.78 is 26.6. The summed E-state index contributed by atoms with van der Waals surface area (Å²) in [6.07, 6.45) is 0. The SMILES string of the molecule is Cc1ccccc1S(=O)(=O)N1CCNC[C@H]1C.Cl. The minimum Gasteiger partial charge on any atom is -0.314 e. The second-order valence-corrected chi connectivity index (χ2v) is 6.29. The first-order valence-corrected chi connectivity index (χ1v) is 7.25. The van der Waals surface area contributed by atoms with Gasteiger partial charge in [-0.25, -0.2) is 8.42 Å². The molecule has 0 bridgehead atoms. The molecule has 0 aromatic heterocycles. The molecule has 2 rings (SSSR count). The van der Waals surface area contributed by atoms with E-state index in [1.54, 1.807) is 16.4 Å². The molecule has 1 saturated heterocycles. The Hall–Kier alpha value is -0.620. The van der Waals surface area contributed by atoms with Crippen LogP contribution in [0.4, 0.5) is 0 Å². The van der Waals surface area contributed by atoms with Crippen molar-refractivity contribution in [3.05, 3.63) is 29.8 Å². The maximum Gasteiger partial charge on any atom is 0.243 e. The lowest BCUT2D eigenvalue weighted by atomic mass is 10.2. The number of piperazine rings is 1. The number of sulfonamides is 1. The zero-order valence-electron chi connectivity index (χ0n) is 10.6. The molecule has 1 aromatic rings. The lowest BCUT2D eigenvalue weighted by Crippen LogP contribution is -2.52. The highest BCUT2D eigenvalue weighted by molar-refractivity contribution is 7.89. The number of nitrogens with one attached hydrogen (secondary N) is 1. The molecule has 0 spiro atoms. The van der Waals surface area contributed by atoms with Crippen molar-refractivity contribution in [1.29, 1.82) is 0 Å². The summed E-state index contributed by atoms with van der Waals surface area (Å²) in [5, 5.41) is 3.20. The van der Waals surface area contributed by atoms with Crippen LogP contribution in [0.25, 0.3) is 0 Å². The van der Waals surface area contributed by atoms with Gasteiger partial charge in [0.15, 0.2) is 0 Å². The molecule has 6 heteroatoms. The summed E-state index contributed by atoms with van der Waals surface area (Å²) in [5.41, 5.74) is 0.804. The first-order valence-electron chi connectivity index (χ1n) is 5.81. The van der Waals surface area contributed by atoms with Crippen molar-refractivity contribution in [3.8, 4) is 0 Å². The number of hydrogen-bond acceptors (Lipinski definition) is 3. The Morgan fingerprint density at radius 2 is 2.00 bits per heavy atom. The molecular weight excluding hydrogens is 272 g/mol. The molecule has 0 unspecified atom stereocenters. The van der Waals surface area contributed by atoms with Crippen LogP contribution in [0.5, 0.6) is 0 Å². The van der Waals surface area contributed by atoms with Crippen LogP contribution in [0.15, 0.2) is 29.2 Å². The van der Waals surface area contributed by atoms with E-state index in [1.807, 2.05) is 26.0 Å². The lowest BCUT2D eigenvalue weighted by molar-refractivity contribution is 0.283. The van der Waals surface area contributed by atoms with Crippen LogP contribution in [-0.2, 0) is 10.0 Å². The van der Waals surface area contributed by atoms with Gasteiger partial charge in [0.05, 0.1) is 4.90 Å². The fraction of sp³-hybridized carbons (Fsp3) is 0.500. The van der Waals surface area contributed by atoms with Crippen LogP contribution in [0, 0.1) is 6.92 Å². The van der Waals surface area contributed by atoms with Crippen molar-refractivity contribution in [2.24, 2.45) is 0 Å². The summed E-state index contributed by atoms with van der Waals surface area (Å²) in [5.74, 6) is 0. The minimum absolute atomic E-state index is 0. The van der Waals surface area contributed by atoms with Gasteiger partial charge in [0.25, 0.3) is 0 Å². The minimum atomic E-state index is -3.35. The topological polar surface area (TPSA) is 49.4 Å². The molecule has 0 saturated carbocycles. The van der Waals surface area contributed by atoms with Gasteiger partial charge in [-0.3, -0.25) is 0 Å². The zero-order valence-corrected chi connectivity index (χ0v) is 12.2. The van der Waals surface area contributed by atoms with Gasteiger partial charge in [-0.2, -0.15) is 4.31 Å². The molecule has 1 aromatic carbocycles. The Bertz CT molecular complexity index is 505. The zero-order chi connectivity index (χ0) is 12.5. The fourth-order valence-corrected chi connectivity index (χ4v) is 4.01. The lowest BCUT2D eigenvalue weighted by Gasteiger charge is -2.33. The Kier molecular flexibility index (Phi) is 5.16. The third kappa shape index (κ3) is 2.85. The third-order valence-corrected chi connectivity index (χ3v) is 5.29. The summed E-state index contributed by atoms with van der Waals surface area (Å²) in [4.78, 5) is 0.425. The van der Waals surface area contributed by atoms with Crippen molar-refractivity contribution in [2.75, 3.05) is 19.6 Å². The number of hydrogen-bond donors (Lipinski definition) is 1. The third-order valence-electron chi connectivity index (χ3n) is 3.12. The van der Waals surface area contributed by atoms with E-state index in [-0.39, 0.29) is 18.4 Å². The number of benzene rings is 1. The molecule has 18 heavy (non-hydrogen) atoms. The van der Waals surface area contributed by atoms with Crippen LogP contribution in [0.1, 0.15) is 12.5 Å². The first kappa shape index (κ1) is 15.4. The van der Waals surface area contributed by atoms with Crippen molar-refractivity contribution < 1.29 is 8.42 Å². The van der Waals surface area contributed by atoms with E-state index in [9.17, 15) is 8.42 Å². The molecule has 1 heterocycles. The van der Waals surface area contributed by atoms with Gasteiger partial charge < -0.3 is 5.32 Å². The van der Waals surface area contributed by atoms with Gasteiger partial charge in [0.2, 0.25) is 10.0 Å². The van der Waals surface area contributed by atoms with E-state index < -0.39 is 10.0 Å². The highest BCUT2D eigenvalue weighted by atomic mass is 35.5. The van der Waals surface area contributed by atoms with E-state index in [4.69, 9.17) is 0 Å². The summed E-state index contributed by atoms with van der Waals surface area (Å²) in [6.45, 7) is 5.74. The smallest absolute Gasteiger partial charge is 0.243 e. The van der Waals surface area contributed by atoms with Crippen molar-refractivity contribution in [1.82, 2.24) is 9.62 Å². The average Bonchev–Trinajstić information content (AvgIpc) is 2.29. The normalized spacial score (nSPS) is 21.3. The second kappa shape index (κ2) is 6.02. The molecule has 0 radical (unpaired) electrons. The average molecular weight is 291 g/mol. The van der Waals surface area contributed by atoms with E-state index in [2.05, 4.69) is 5.32 Å². The molecular formula is C12H19ClN2O2S. The summed E-state index contributed by atoms with van der Waals surface area (Å²) in [7, 11) is -3.35. The largest absolute Gasteiger partial charge is 0.314 e. The van der Waals surface area contributed by atoms with Crippen molar-refractivity contribution >= 4 is 22.4 Å². The molecule has 102 valence electrons. The number of halogens is 1. The van der Waals surface area contributed by atoms with Gasteiger partial charge in [0.1, 0.15) is 0 Å². The predicted octanol–water partition coefficient (Wildman–Crippen LogP) is 1.40. The standard InChI is InChI=1S/C12H18N2O2S.ClH/c1-10-5-3-4-6-12(10)17(15,16)14-8-7-13-9-11(14)2;/h3-6,11,13H,7-9H2,1-2H3;1H/t11-;/m1./s1. The molecule has 1 N–H and O–H groups in total. The molecule has 1 aliphatic heterocycles. The molecule has 0 amide bonds. The van der Waals surface area contributed by atoms with Crippen LogP contribution >= 0.6 is 12.4 Å². The van der Waals surface area contributed by atoms with Crippen LogP contribution in [0.3, 0.4) is 0 Å². The van der Waals surface area contributed by atoms with Crippen molar-refractivity contribution in [2.45, 2.75) is 24.8 Å². The molecule has 1 atom stereocenters. The van der Waals surface area contributed by atoms with Crippen LogP contribution in [-0.4, -0.2) is 38.4 Å². The van der Waals surface area contributed by atoms with E-state index in [0.29, 0.717) is 18.0 Å². The number of nitrogens with zero attached hydrogens (tertiary/aromatic N) is 1. The highest BCUT2D eigenvalue weighted by Crippen LogP contribution is 2.21. The van der Waals surface area contributed by atoms with Gasteiger partial charge in [-0.05, 0) is 25.5 Å². The van der Waals surface area contributed by atoms with Crippen LogP contribution < -0.4 is 5.32 Å². The van der Waals surface area contributed by atoms with Crippen LogP contribution in [0.2, 0.25) is 0 Å². The first-order chi connectivity index (χ1) is 8.03. The Balaban J connectivity index is 0.00000162. The Morgan fingerprint density at radius 3 is 2.61 bits per heavy atom. The van der Waals surface area contributed by atoms with Gasteiger partial charge in [-0.1, -0.05) is 18.2 Å². The summed E-state index contributed by atoms with van der Waals surface area (Å²) >= 11 is 0. The Labute approximate surface area is 115 Å². The Morgan fingerprint density at radius 1 is 1.33 bits per heavy atom. The molecule has 1 fully saturated rings. The quantitative estimate of drug-likeness (QED) is 0.896. The second-order valence-electron chi connectivity index (χ2n) is 4.43. The van der Waals surface area contributed by atoms with Gasteiger partial charge in [-0.15, -0.1) is 12.4 Å². The number of rotatable bonds is 2. The van der Waals surface area contributed by atoms with Crippen molar-refractivity contribution in [3.63, 3.8) is 0 Å². The fourth-order valence-electron chi connectivity index (χ4n) is 2.15. The summed E-state index contributed by atoms with van der Waals surface area (Å²) in [6, 6.07) is 7.15. The number of aryl methyl sites for hydroxylation is 1. The van der Waals surface area contributed by atoms with Gasteiger partial charge >= 0.3 is 0 Å². The van der Waals surface area contributed by atoms with E-state index in [1.165, 1.54) is 0 Å². The maximum absolute atomic E-state index is 12.5. The monoisotopic (exact) mass is 290 g/mol. The van der Waals surface area contributed by atoms with E-state index in [0.717, 1.165) is 12.1 Å². The molecule has 0 aliphatic carbocycles. The van der Waals surface area contributed by atoms with E-state index >= 15 is 0 Å². The van der Waals surface area contributed by atoms with Gasteiger partial charge in [0, 0.05) is 25.7 Å².